The van der Waals surface area contributed by atoms with Crippen molar-refractivity contribution in [1.29, 1.82) is 0 Å². The van der Waals surface area contributed by atoms with Crippen LogP contribution in [0.3, 0.4) is 0 Å². The van der Waals surface area contributed by atoms with Gasteiger partial charge < -0.3 is 4.84 Å². The lowest BCUT2D eigenvalue weighted by molar-refractivity contribution is 0.0277. The molecule has 0 radical (unpaired) electrons. The van der Waals surface area contributed by atoms with Gasteiger partial charge in [0.25, 0.3) is 0 Å². The van der Waals surface area contributed by atoms with Gasteiger partial charge >= 0.3 is 0 Å². The van der Waals surface area contributed by atoms with Crippen LogP contribution in [0.5, 0.6) is 0 Å². The lowest BCUT2D eigenvalue weighted by Crippen LogP contribution is -2.25. The average molecular weight is 155 g/mol. The molecule has 2 nitrogen and oxygen atoms in total. The van der Waals surface area contributed by atoms with Crippen LogP contribution < -0.4 is 5.90 Å². The van der Waals surface area contributed by atoms with E-state index in [-0.39, 0.29) is 6.10 Å². The van der Waals surface area contributed by atoms with E-state index in [2.05, 4.69) is 19.9 Å². The van der Waals surface area contributed by atoms with E-state index in [9.17, 15) is 0 Å². The quantitative estimate of drug-likeness (QED) is 0.464. The Balaban J connectivity index is 2.50. The molecule has 2 atom stereocenters. The van der Waals surface area contributed by atoms with Crippen molar-refractivity contribution in [3.8, 4) is 0 Å². The van der Waals surface area contributed by atoms with E-state index in [0.717, 1.165) is 18.8 Å². The molecule has 1 aliphatic rings. The molecular weight excluding hydrogens is 138 g/mol. The molecule has 0 bridgehead atoms. The van der Waals surface area contributed by atoms with Crippen molar-refractivity contribution in [2.75, 3.05) is 0 Å². The van der Waals surface area contributed by atoms with E-state index < -0.39 is 0 Å². The summed E-state index contributed by atoms with van der Waals surface area (Å²) in [5.41, 5.74) is 1.49. The first-order valence-electron chi connectivity index (χ1n) is 4.25. The van der Waals surface area contributed by atoms with Crippen LogP contribution in [0.4, 0.5) is 0 Å². The van der Waals surface area contributed by atoms with Gasteiger partial charge in [-0.05, 0) is 32.1 Å². The second-order valence-corrected chi connectivity index (χ2v) is 3.45. The Hall–Kier alpha value is -0.340. The van der Waals surface area contributed by atoms with E-state index in [1.54, 1.807) is 0 Å². The Morgan fingerprint density at radius 3 is 2.82 bits per heavy atom. The zero-order valence-corrected chi connectivity index (χ0v) is 7.34. The smallest absolute Gasteiger partial charge is 0.0827 e. The summed E-state index contributed by atoms with van der Waals surface area (Å²) in [7, 11) is 0. The van der Waals surface area contributed by atoms with E-state index in [1.165, 1.54) is 12.0 Å². The molecular formula is C9H17NO. The molecule has 2 heteroatoms. The second kappa shape index (κ2) is 3.88. The Kier molecular flexibility index (Phi) is 3.09. The molecule has 0 saturated heterocycles. The molecule has 11 heavy (non-hydrogen) atoms. The van der Waals surface area contributed by atoms with Crippen LogP contribution in [0.25, 0.3) is 0 Å². The largest absolute Gasteiger partial charge is 0.301 e. The minimum absolute atomic E-state index is 0.255. The van der Waals surface area contributed by atoms with Crippen LogP contribution >= 0.6 is 0 Å². The van der Waals surface area contributed by atoms with Crippen LogP contribution in [-0.4, -0.2) is 6.10 Å². The first-order chi connectivity index (χ1) is 5.26. The highest BCUT2D eigenvalue weighted by atomic mass is 16.6. The molecule has 64 valence electrons. The first kappa shape index (κ1) is 8.75. The van der Waals surface area contributed by atoms with E-state index >= 15 is 0 Å². The third kappa shape index (κ3) is 2.31. The molecule has 0 heterocycles. The number of allylic oxidation sites excluding steroid dienone is 1. The maximum atomic E-state index is 5.16. The normalized spacial score (nSPS) is 36.1. The van der Waals surface area contributed by atoms with Crippen molar-refractivity contribution in [2.45, 2.75) is 39.2 Å². The maximum absolute atomic E-state index is 5.16. The van der Waals surface area contributed by atoms with Gasteiger partial charge in [-0.15, -0.1) is 0 Å². The predicted molar refractivity (Wildman–Crippen MR) is 45.8 cm³/mol. The molecule has 0 aromatic rings. The highest BCUT2D eigenvalue weighted by molar-refractivity contribution is 5.06. The van der Waals surface area contributed by atoms with Crippen LogP contribution in [0.1, 0.15) is 33.1 Å². The fourth-order valence-corrected chi connectivity index (χ4v) is 1.78. The predicted octanol–water partition coefficient (Wildman–Crippen LogP) is 2.01. The average Bonchev–Trinajstić information content (AvgIpc) is 2.03. The first-order valence-corrected chi connectivity index (χ1v) is 4.25. The summed E-state index contributed by atoms with van der Waals surface area (Å²) in [6.45, 7) is 4.33. The SMILES string of the molecule is C/C=C1\C[C@@H](C)C[C@H](ON)C1. The molecule has 0 aromatic carbocycles. The van der Waals surface area contributed by atoms with Crippen LogP contribution in [-0.2, 0) is 4.84 Å². The molecule has 1 rings (SSSR count). The van der Waals surface area contributed by atoms with E-state index in [0.29, 0.717) is 0 Å². The minimum Gasteiger partial charge on any atom is -0.301 e. The third-order valence-electron chi connectivity index (χ3n) is 2.37. The molecule has 1 aliphatic carbocycles. The summed E-state index contributed by atoms with van der Waals surface area (Å²) >= 11 is 0. The van der Waals surface area contributed by atoms with Crippen molar-refractivity contribution < 1.29 is 4.84 Å². The standard InChI is InChI=1S/C9H17NO/c1-3-8-4-7(2)5-9(6-8)11-10/h3,7,9H,4-6,10H2,1-2H3/b8-3+/t7-,9+/m1/s1. The van der Waals surface area contributed by atoms with E-state index in [4.69, 9.17) is 10.7 Å². The number of hydrogen-bond acceptors (Lipinski definition) is 2. The highest BCUT2D eigenvalue weighted by Gasteiger charge is 2.21. The van der Waals surface area contributed by atoms with Gasteiger partial charge in [0.15, 0.2) is 0 Å². The summed E-state index contributed by atoms with van der Waals surface area (Å²) in [4.78, 5) is 4.85. The summed E-state index contributed by atoms with van der Waals surface area (Å²) in [6.07, 6.45) is 5.79. The fourth-order valence-electron chi connectivity index (χ4n) is 1.78. The molecule has 2 N–H and O–H groups in total. The maximum Gasteiger partial charge on any atom is 0.0827 e. The molecule has 0 unspecified atom stereocenters. The van der Waals surface area contributed by atoms with Crippen molar-refractivity contribution in [3.05, 3.63) is 11.6 Å². The number of nitrogens with two attached hydrogens (primary N) is 1. The Bertz CT molecular complexity index is 154. The summed E-state index contributed by atoms with van der Waals surface area (Å²) in [6, 6.07) is 0. The summed E-state index contributed by atoms with van der Waals surface area (Å²) in [5, 5.41) is 0. The van der Waals surface area contributed by atoms with Gasteiger partial charge in [-0.25, -0.2) is 5.90 Å². The molecule has 1 saturated carbocycles. The van der Waals surface area contributed by atoms with Gasteiger partial charge in [-0.1, -0.05) is 18.6 Å². The van der Waals surface area contributed by atoms with Gasteiger partial charge in [0, 0.05) is 0 Å². The highest BCUT2D eigenvalue weighted by Crippen LogP contribution is 2.29. The van der Waals surface area contributed by atoms with Gasteiger partial charge in [-0.2, -0.15) is 0 Å². The topological polar surface area (TPSA) is 35.2 Å². The number of rotatable bonds is 1. The van der Waals surface area contributed by atoms with Crippen LogP contribution in [0, 0.1) is 5.92 Å². The lowest BCUT2D eigenvalue weighted by atomic mass is 9.85. The van der Waals surface area contributed by atoms with Crippen LogP contribution in [0.2, 0.25) is 0 Å². The molecule has 0 aliphatic heterocycles. The lowest BCUT2D eigenvalue weighted by Gasteiger charge is -2.27. The number of hydrogen-bond donors (Lipinski definition) is 1. The fraction of sp³-hybridized carbons (Fsp3) is 0.778. The van der Waals surface area contributed by atoms with Crippen molar-refractivity contribution in [1.82, 2.24) is 0 Å². The van der Waals surface area contributed by atoms with Gasteiger partial charge in [0.2, 0.25) is 0 Å². The van der Waals surface area contributed by atoms with Gasteiger partial charge in [0.05, 0.1) is 6.10 Å². The van der Waals surface area contributed by atoms with Crippen LogP contribution in [0.15, 0.2) is 11.6 Å². The Morgan fingerprint density at radius 1 is 1.55 bits per heavy atom. The zero-order valence-electron chi connectivity index (χ0n) is 7.34. The monoisotopic (exact) mass is 155 g/mol. The molecule has 1 fully saturated rings. The van der Waals surface area contributed by atoms with Gasteiger partial charge in [0.1, 0.15) is 0 Å². The van der Waals surface area contributed by atoms with Gasteiger partial charge in [-0.3, -0.25) is 0 Å². The molecule has 0 aromatic heterocycles. The Morgan fingerprint density at radius 2 is 2.27 bits per heavy atom. The molecule has 0 amide bonds. The second-order valence-electron chi connectivity index (χ2n) is 3.45. The van der Waals surface area contributed by atoms with E-state index in [1.807, 2.05) is 0 Å². The minimum atomic E-state index is 0.255. The summed E-state index contributed by atoms with van der Waals surface area (Å²) < 4.78 is 0. The van der Waals surface area contributed by atoms with Crippen molar-refractivity contribution >= 4 is 0 Å². The Labute approximate surface area is 68.4 Å². The summed E-state index contributed by atoms with van der Waals surface area (Å²) in [5.74, 6) is 5.88. The van der Waals surface area contributed by atoms with Crippen molar-refractivity contribution in [3.63, 3.8) is 0 Å². The third-order valence-corrected chi connectivity index (χ3v) is 2.37. The zero-order chi connectivity index (χ0) is 8.27. The van der Waals surface area contributed by atoms with Crippen molar-refractivity contribution in [2.24, 2.45) is 11.8 Å². The molecule has 0 spiro atoms.